The van der Waals surface area contributed by atoms with Gasteiger partial charge in [0.25, 0.3) is 0 Å². The number of fused-ring (bicyclic) bond motifs is 1. The number of H-pyrrole nitrogens is 1. The van der Waals surface area contributed by atoms with Crippen LogP contribution < -0.4 is 0 Å². The van der Waals surface area contributed by atoms with E-state index in [-0.39, 0.29) is 5.41 Å². The van der Waals surface area contributed by atoms with Crippen LogP contribution in [0.5, 0.6) is 0 Å². The Morgan fingerprint density at radius 1 is 1.28 bits per heavy atom. The molecule has 0 atom stereocenters. The molecule has 0 bridgehead atoms. The molecule has 0 unspecified atom stereocenters. The van der Waals surface area contributed by atoms with E-state index in [0.29, 0.717) is 6.61 Å². The SMILES string of the molecule is CCCCCCC(C)(C)c1nc2c([nH]1)COCC2. The van der Waals surface area contributed by atoms with Crippen molar-refractivity contribution in [3.63, 3.8) is 0 Å². The van der Waals surface area contributed by atoms with Gasteiger partial charge in [-0.15, -0.1) is 0 Å². The minimum atomic E-state index is 0.158. The highest BCUT2D eigenvalue weighted by Crippen LogP contribution is 2.29. The van der Waals surface area contributed by atoms with Crippen LogP contribution in [0.4, 0.5) is 0 Å². The second kappa shape index (κ2) is 5.87. The van der Waals surface area contributed by atoms with E-state index in [1.807, 2.05) is 0 Å². The number of ether oxygens (including phenoxy) is 1. The second-order valence-corrected chi connectivity index (χ2v) is 6.01. The summed E-state index contributed by atoms with van der Waals surface area (Å²) < 4.78 is 5.46. The molecule has 2 heterocycles. The van der Waals surface area contributed by atoms with E-state index >= 15 is 0 Å². The molecule has 18 heavy (non-hydrogen) atoms. The quantitative estimate of drug-likeness (QED) is 0.781. The van der Waals surface area contributed by atoms with E-state index in [9.17, 15) is 0 Å². The Hall–Kier alpha value is -0.830. The van der Waals surface area contributed by atoms with Gasteiger partial charge < -0.3 is 9.72 Å². The van der Waals surface area contributed by atoms with Crippen LogP contribution in [0.15, 0.2) is 0 Å². The normalized spacial score (nSPS) is 15.7. The monoisotopic (exact) mass is 250 g/mol. The van der Waals surface area contributed by atoms with Crippen molar-refractivity contribution in [3.05, 3.63) is 17.2 Å². The summed E-state index contributed by atoms with van der Waals surface area (Å²) in [5, 5.41) is 0. The predicted octanol–water partition coefficient (Wildman–Crippen LogP) is 3.73. The van der Waals surface area contributed by atoms with Crippen molar-refractivity contribution >= 4 is 0 Å². The standard InChI is InChI=1S/C15H26N2O/c1-4-5-6-7-9-15(2,3)14-16-12-8-10-18-11-13(12)17-14/h4-11H2,1-3H3,(H,16,17). The van der Waals surface area contributed by atoms with Crippen molar-refractivity contribution in [3.8, 4) is 0 Å². The van der Waals surface area contributed by atoms with Crippen LogP contribution in [-0.4, -0.2) is 16.6 Å². The Labute approximate surface area is 110 Å². The third-order valence-corrected chi connectivity index (χ3v) is 3.89. The topological polar surface area (TPSA) is 37.9 Å². The minimum absolute atomic E-state index is 0.158. The minimum Gasteiger partial charge on any atom is -0.375 e. The Morgan fingerprint density at radius 2 is 2.11 bits per heavy atom. The maximum absolute atomic E-state index is 5.46. The number of hydrogen-bond acceptors (Lipinski definition) is 2. The lowest BCUT2D eigenvalue weighted by atomic mass is 9.86. The van der Waals surface area contributed by atoms with Gasteiger partial charge in [-0.1, -0.05) is 46.5 Å². The molecule has 1 N–H and O–H groups in total. The Balaban J connectivity index is 1.97. The van der Waals surface area contributed by atoms with E-state index in [0.717, 1.165) is 18.9 Å². The number of imidazole rings is 1. The maximum atomic E-state index is 5.46. The molecule has 1 aliphatic rings. The number of rotatable bonds is 6. The van der Waals surface area contributed by atoms with Crippen molar-refractivity contribution in [2.24, 2.45) is 0 Å². The lowest BCUT2D eigenvalue weighted by molar-refractivity contribution is 0.107. The third-order valence-electron chi connectivity index (χ3n) is 3.89. The second-order valence-electron chi connectivity index (χ2n) is 6.01. The molecule has 1 aromatic heterocycles. The average molecular weight is 250 g/mol. The summed E-state index contributed by atoms with van der Waals surface area (Å²) in [5.74, 6) is 1.15. The highest BCUT2D eigenvalue weighted by atomic mass is 16.5. The first-order chi connectivity index (χ1) is 8.63. The molecule has 0 amide bonds. The number of unbranched alkanes of at least 4 members (excludes halogenated alkanes) is 3. The smallest absolute Gasteiger partial charge is 0.112 e. The molecule has 0 radical (unpaired) electrons. The lowest BCUT2D eigenvalue weighted by Gasteiger charge is -2.22. The molecule has 3 nitrogen and oxygen atoms in total. The summed E-state index contributed by atoms with van der Waals surface area (Å²) in [4.78, 5) is 8.26. The van der Waals surface area contributed by atoms with Gasteiger partial charge in [-0.05, 0) is 6.42 Å². The highest BCUT2D eigenvalue weighted by Gasteiger charge is 2.26. The van der Waals surface area contributed by atoms with Gasteiger partial charge >= 0.3 is 0 Å². The Bertz CT molecular complexity index is 358. The number of aromatic nitrogens is 2. The summed E-state index contributed by atoms with van der Waals surface area (Å²) in [6, 6.07) is 0. The van der Waals surface area contributed by atoms with Gasteiger partial charge in [0.15, 0.2) is 0 Å². The van der Waals surface area contributed by atoms with Gasteiger partial charge in [0.2, 0.25) is 0 Å². The molecule has 3 heteroatoms. The predicted molar refractivity (Wildman–Crippen MR) is 73.7 cm³/mol. The van der Waals surface area contributed by atoms with Crippen LogP contribution in [0.25, 0.3) is 0 Å². The van der Waals surface area contributed by atoms with Crippen molar-refractivity contribution in [2.75, 3.05) is 6.61 Å². The van der Waals surface area contributed by atoms with Crippen LogP contribution in [0, 0.1) is 0 Å². The first-order valence-corrected chi connectivity index (χ1v) is 7.29. The van der Waals surface area contributed by atoms with Crippen molar-refractivity contribution in [1.29, 1.82) is 0 Å². The lowest BCUT2D eigenvalue weighted by Crippen LogP contribution is -2.19. The summed E-state index contributed by atoms with van der Waals surface area (Å²) in [7, 11) is 0. The molecule has 1 aromatic rings. The van der Waals surface area contributed by atoms with Crippen molar-refractivity contribution in [2.45, 2.75) is 71.3 Å². The van der Waals surface area contributed by atoms with Crippen LogP contribution >= 0.6 is 0 Å². The van der Waals surface area contributed by atoms with Gasteiger partial charge in [0.1, 0.15) is 5.82 Å². The Kier molecular flexibility index (Phi) is 4.44. The van der Waals surface area contributed by atoms with Gasteiger partial charge in [-0.3, -0.25) is 0 Å². The van der Waals surface area contributed by atoms with Crippen LogP contribution in [0.2, 0.25) is 0 Å². The first-order valence-electron chi connectivity index (χ1n) is 7.29. The Morgan fingerprint density at radius 3 is 2.83 bits per heavy atom. The largest absolute Gasteiger partial charge is 0.375 e. The van der Waals surface area contributed by atoms with Crippen molar-refractivity contribution in [1.82, 2.24) is 9.97 Å². The molecule has 0 saturated carbocycles. The molecule has 0 spiro atoms. The number of nitrogens with zero attached hydrogens (tertiary/aromatic N) is 1. The zero-order valence-corrected chi connectivity index (χ0v) is 12.0. The third kappa shape index (κ3) is 3.14. The van der Waals surface area contributed by atoms with E-state index in [4.69, 9.17) is 9.72 Å². The number of hydrogen-bond donors (Lipinski definition) is 1. The van der Waals surface area contributed by atoms with Crippen LogP contribution in [0.3, 0.4) is 0 Å². The molecule has 0 aliphatic carbocycles. The van der Waals surface area contributed by atoms with E-state index < -0.39 is 0 Å². The zero-order valence-electron chi connectivity index (χ0n) is 12.0. The molecule has 0 aromatic carbocycles. The van der Waals surface area contributed by atoms with Gasteiger partial charge in [0.05, 0.1) is 24.6 Å². The summed E-state index contributed by atoms with van der Waals surface area (Å²) in [6.07, 6.45) is 7.44. The maximum Gasteiger partial charge on any atom is 0.112 e. The van der Waals surface area contributed by atoms with Gasteiger partial charge in [-0.25, -0.2) is 4.98 Å². The van der Waals surface area contributed by atoms with Crippen LogP contribution in [0.1, 0.15) is 70.1 Å². The molecule has 102 valence electrons. The summed E-state index contributed by atoms with van der Waals surface area (Å²) in [6.45, 7) is 8.36. The summed E-state index contributed by atoms with van der Waals surface area (Å²) in [5.41, 5.74) is 2.57. The van der Waals surface area contributed by atoms with Crippen molar-refractivity contribution < 1.29 is 4.74 Å². The number of nitrogens with one attached hydrogen (secondary N) is 1. The highest BCUT2D eigenvalue weighted by molar-refractivity contribution is 5.20. The first kappa shape index (κ1) is 13.6. The van der Waals surface area contributed by atoms with E-state index in [2.05, 4.69) is 25.8 Å². The summed E-state index contributed by atoms with van der Waals surface area (Å²) >= 11 is 0. The molecular formula is C15H26N2O. The average Bonchev–Trinajstić information content (AvgIpc) is 2.79. The van der Waals surface area contributed by atoms with E-state index in [1.54, 1.807) is 0 Å². The van der Waals surface area contributed by atoms with Gasteiger partial charge in [0, 0.05) is 11.8 Å². The molecular weight excluding hydrogens is 224 g/mol. The fourth-order valence-corrected chi connectivity index (χ4v) is 2.55. The fraction of sp³-hybridized carbons (Fsp3) is 0.800. The molecule has 1 aliphatic heterocycles. The molecule has 2 rings (SSSR count). The van der Waals surface area contributed by atoms with Gasteiger partial charge in [-0.2, -0.15) is 0 Å². The molecule has 0 fully saturated rings. The number of aromatic amines is 1. The molecule has 0 saturated heterocycles. The van der Waals surface area contributed by atoms with Crippen LogP contribution in [-0.2, 0) is 23.2 Å². The fourth-order valence-electron chi connectivity index (χ4n) is 2.55. The van der Waals surface area contributed by atoms with E-state index in [1.165, 1.54) is 43.5 Å². The zero-order chi connectivity index (χ0) is 13.0.